The van der Waals surface area contributed by atoms with E-state index in [0.29, 0.717) is 10.8 Å². The highest BCUT2D eigenvalue weighted by molar-refractivity contribution is 6.30. The fourth-order valence-corrected chi connectivity index (χ4v) is 2.14. The highest BCUT2D eigenvalue weighted by Gasteiger charge is 2.17. The molecule has 0 aromatic heterocycles. The van der Waals surface area contributed by atoms with Crippen LogP contribution in [0.25, 0.3) is 0 Å². The van der Waals surface area contributed by atoms with Crippen molar-refractivity contribution in [3.63, 3.8) is 0 Å². The first kappa shape index (κ1) is 17.6. The molecule has 1 unspecified atom stereocenters. The smallest absolute Gasteiger partial charge is 0.271 e. The number of hydrogen-bond donors (Lipinski definition) is 2. The third-order valence-corrected chi connectivity index (χ3v) is 3.52. The number of amides is 1. The van der Waals surface area contributed by atoms with Crippen LogP contribution in [0.5, 0.6) is 5.75 Å². The molecular formula is C16H16ClN3O4. The molecule has 2 aromatic carbocycles. The van der Waals surface area contributed by atoms with Crippen molar-refractivity contribution in [2.75, 3.05) is 17.7 Å². The number of benzene rings is 2. The molecule has 2 rings (SSSR count). The summed E-state index contributed by atoms with van der Waals surface area (Å²) in [6.07, 6.45) is 0. The first-order valence-corrected chi connectivity index (χ1v) is 7.44. The zero-order chi connectivity index (χ0) is 17.7. The minimum absolute atomic E-state index is 0.135. The topological polar surface area (TPSA) is 93.5 Å². The molecule has 8 heteroatoms. The van der Waals surface area contributed by atoms with E-state index < -0.39 is 11.0 Å². The number of nitrogens with zero attached hydrogens (tertiary/aromatic N) is 1. The highest BCUT2D eigenvalue weighted by Crippen LogP contribution is 2.29. The Morgan fingerprint density at radius 2 is 1.92 bits per heavy atom. The van der Waals surface area contributed by atoms with Gasteiger partial charge < -0.3 is 15.4 Å². The largest absolute Gasteiger partial charge is 0.495 e. The van der Waals surface area contributed by atoms with Gasteiger partial charge in [0.25, 0.3) is 5.69 Å². The summed E-state index contributed by atoms with van der Waals surface area (Å²) in [6, 6.07) is 10.3. The first-order chi connectivity index (χ1) is 11.4. The Morgan fingerprint density at radius 1 is 1.25 bits per heavy atom. The van der Waals surface area contributed by atoms with Crippen molar-refractivity contribution >= 4 is 34.6 Å². The summed E-state index contributed by atoms with van der Waals surface area (Å²) < 4.78 is 5.12. The van der Waals surface area contributed by atoms with Crippen molar-refractivity contribution in [1.29, 1.82) is 0 Å². The number of rotatable bonds is 6. The monoisotopic (exact) mass is 349 g/mol. The predicted octanol–water partition coefficient (Wildman–Crippen LogP) is 3.70. The third-order valence-electron chi connectivity index (χ3n) is 3.27. The van der Waals surface area contributed by atoms with Crippen LogP contribution in [0.1, 0.15) is 6.92 Å². The second kappa shape index (κ2) is 7.65. The Balaban J connectivity index is 2.11. The number of nitro benzene ring substituents is 1. The highest BCUT2D eigenvalue weighted by atomic mass is 35.5. The van der Waals surface area contributed by atoms with E-state index in [-0.39, 0.29) is 17.3 Å². The number of nitro groups is 1. The van der Waals surface area contributed by atoms with Gasteiger partial charge in [0.1, 0.15) is 11.8 Å². The summed E-state index contributed by atoms with van der Waals surface area (Å²) in [7, 11) is 1.42. The second-order valence-electron chi connectivity index (χ2n) is 5.00. The Kier molecular flexibility index (Phi) is 5.59. The number of carbonyl (C=O) groups is 1. The molecule has 126 valence electrons. The molecule has 0 aliphatic carbocycles. The predicted molar refractivity (Wildman–Crippen MR) is 92.8 cm³/mol. The zero-order valence-electron chi connectivity index (χ0n) is 13.1. The number of non-ortho nitro benzene ring substituents is 1. The van der Waals surface area contributed by atoms with E-state index in [4.69, 9.17) is 16.3 Å². The SMILES string of the molecule is COc1ccc([N+](=O)[O-])cc1NC(=O)C(C)Nc1ccc(Cl)cc1. The molecule has 0 radical (unpaired) electrons. The van der Waals surface area contributed by atoms with Crippen LogP contribution >= 0.6 is 11.6 Å². The van der Waals surface area contributed by atoms with Crippen LogP contribution in [-0.4, -0.2) is 24.0 Å². The molecule has 0 heterocycles. The summed E-state index contributed by atoms with van der Waals surface area (Å²) in [6.45, 7) is 1.67. The van der Waals surface area contributed by atoms with Gasteiger partial charge in [0.15, 0.2) is 0 Å². The first-order valence-electron chi connectivity index (χ1n) is 7.06. The van der Waals surface area contributed by atoms with Crippen molar-refractivity contribution in [3.8, 4) is 5.75 Å². The van der Waals surface area contributed by atoms with Crippen LogP contribution in [-0.2, 0) is 4.79 Å². The number of carbonyl (C=O) groups excluding carboxylic acids is 1. The van der Waals surface area contributed by atoms with Gasteiger partial charge in [-0.3, -0.25) is 14.9 Å². The Morgan fingerprint density at radius 3 is 2.50 bits per heavy atom. The van der Waals surface area contributed by atoms with Crippen molar-refractivity contribution < 1.29 is 14.5 Å². The van der Waals surface area contributed by atoms with Gasteiger partial charge in [-0.25, -0.2) is 0 Å². The van der Waals surface area contributed by atoms with Crippen LogP contribution in [0.4, 0.5) is 17.1 Å². The van der Waals surface area contributed by atoms with Crippen LogP contribution in [0.3, 0.4) is 0 Å². The Labute approximate surface area is 143 Å². The lowest BCUT2D eigenvalue weighted by Gasteiger charge is -2.16. The average Bonchev–Trinajstić information content (AvgIpc) is 2.56. The number of methoxy groups -OCH3 is 1. The van der Waals surface area contributed by atoms with Gasteiger partial charge >= 0.3 is 0 Å². The van der Waals surface area contributed by atoms with Crippen molar-refractivity contribution in [1.82, 2.24) is 0 Å². The molecule has 24 heavy (non-hydrogen) atoms. The lowest BCUT2D eigenvalue weighted by Crippen LogP contribution is -2.32. The van der Waals surface area contributed by atoms with Gasteiger partial charge in [-0.05, 0) is 37.3 Å². The number of halogens is 1. The zero-order valence-corrected chi connectivity index (χ0v) is 13.8. The van der Waals surface area contributed by atoms with Crippen molar-refractivity contribution in [2.24, 2.45) is 0 Å². The summed E-state index contributed by atoms with van der Waals surface area (Å²) in [4.78, 5) is 22.6. The van der Waals surface area contributed by atoms with Gasteiger partial charge in [-0.1, -0.05) is 11.6 Å². The van der Waals surface area contributed by atoms with E-state index >= 15 is 0 Å². The maximum Gasteiger partial charge on any atom is 0.271 e. The Hall–Kier alpha value is -2.80. The molecule has 1 atom stereocenters. The molecule has 1 amide bonds. The minimum atomic E-state index is -0.574. The van der Waals surface area contributed by atoms with Crippen LogP contribution in [0, 0.1) is 10.1 Å². The number of hydrogen-bond acceptors (Lipinski definition) is 5. The molecule has 7 nitrogen and oxygen atoms in total. The standard InChI is InChI=1S/C16H16ClN3O4/c1-10(18-12-5-3-11(17)4-6-12)16(21)19-14-9-13(20(22)23)7-8-15(14)24-2/h3-10,18H,1-2H3,(H,19,21). The molecule has 0 saturated carbocycles. The minimum Gasteiger partial charge on any atom is -0.495 e. The number of anilines is 2. The van der Waals surface area contributed by atoms with Gasteiger partial charge in [0.05, 0.1) is 17.7 Å². The third kappa shape index (κ3) is 4.36. The lowest BCUT2D eigenvalue weighted by atomic mass is 10.2. The number of ether oxygens (including phenoxy) is 1. The van der Waals surface area contributed by atoms with E-state index in [0.717, 1.165) is 5.69 Å². The van der Waals surface area contributed by atoms with Crippen molar-refractivity contribution in [2.45, 2.75) is 13.0 Å². The number of nitrogens with one attached hydrogen (secondary N) is 2. The second-order valence-corrected chi connectivity index (χ2v) is 5.44. The molecular weight excluding hydrogens is 334 g/mol. The van der Waals surface area contributed by atoms with Gasteiger partial charge in [0, 0.05) is 22.8 Å². The molecule has 0 spiro atoms. The summed E-state index contributed by atoms with van der Waals surface area (Å²) in [5, 5.41) is 17.1. The van der Waals surface area contributed by atoms with E-state index in [1.54, 1.807) is 31.2 Å². The maximum absolute atomic E-state index is 12.3. The molecule has 0 fully saturated rings. The summed E-state index contributed by atoms with van der Waals surface area (Å²) in [5.41, 5.74) is 0.832. The summed E-state index contributed by atoms with van der Waals surface area (Å²) >= 11 is 5.82. The van der Waals surface area contributed by atoms with E-state index in [1.165, 1.54) is 25.3 Å². The normalized spacial score (nSPS) is 11.5. The fourth-order valence-electron chi connectivity index (χ4n) is 2.01. The molecule has 0 saturated heterocycles. The van der Waals surface area contributed by atoms with E-state index in [1.807, 2.05) is 0 Å². The maximum atomic E-state index is 12.3. The quantitative estimate of drug-likeness (QED) is 0.612. The fraction of sp³-hybridized carbons (Fsp3) is 0.188. The molecule has 2 N–H and O–H groups in total. The average molecular weight is 350 g/mol. The van der Waals surface area contributed by atoms with Gasteiger partial charge in [0.2, 0.25) is 5.91 Å². The van der Waals surface area contributed by atoms with Gasteiger partial charge in [-0.2, -0.15) is 0 Å². The molecule has 0 bridgehead atoms. The van der Waals surface area contributed by atoms with Crippen molar-refractivity contribution in [3.05, 3.63) is 57.6 Å². The Bertz CT molecular complexity index is 749. The molecule has 0 aliphatic rings. The van der Waals surface area contributed by atoms with Crippen LogP contribution in [0.15, 0.2) is 42.5 Å². The van der Waals surface area contributed by atoms with Crippen LogP contribution < -0.4 is 15.4 Å². The van der Waals surface area contributed by atoms with E-state index in [2.05, 4.69) is 10.6 Å². The molecule has 2 aromatic rings. The van der Waals surface area contributed by atoms with Gasteiger partial charge in [-0.15, -0.1) is 0 Å². The van der Waals surface area contributed by atoms with E-state index in [9.17, 15) is 14.9 Å². The lowest BCUT2D eigenvalue weighted by molar-refractivity contribution is -0.384. The summed E-state index contributed by atoms with van der Waals surface area (Å²) in [5.74, 6) is -0.0172. The molecule has 0 aliphatic heterocycles. The van der Waals surface area contributed by atoms with Crippen LogP contribution in [0.2, 0.25) is 5.02 Å².